The van der Waals surface area contributed by atoms with Crippen molar-refractivity contribution in [3.63, 3.8) is 0 Å². The van der Waals surface area contributed by atoms with E-state index < -0.39 is 0 Å². The van der Waals surface area contributed by atoms with E-state index in [-0.39, 0.29) is 5.82 Å². The van der Waals surface area contributed by atoms with Crippen molar-refractivity contribution >= 4 is 11.8 Å². The first kappa shape index (κ1) is 10.9. The molecule has 1 aromatic rings. The van der Waals surface area contributed by atoms with Crippen LogP contribution in [-0.2, 0) is 6.54 Å². The number of hydrogen-bond donors (Lipinski definition) is 0. The van der Waals surface area contributed by atoms with Gasteiger partial charge in [0.15, 0.2) is 0 Å². The molecule has 4 heteroatoms. The monoisotopic (exact) mass is 226 g/mol. The molecule has 0 unspecified atom stereocenters. The smallest absolute Gasteiger partial charge is 0.141 e. The van der Waals surface area contributed by atoms with E-state index in [0.717, 1.165) is 25.3 Å². The highest BCUT2D eigenvalue weighted by Crippen LogP contribution is 2.18. The molecule has 1 saturated heterocycles. The normalized spacial score (nSPS) is 22.9. The maximum Gasteiger partial charge on any atom is 0.141 e. The van der Waals surface area contributed by atoms with Crippen LogP contribution in [0.5, 0.6) is 0 Å². The summed E-state index contributed by atoms with van der Waals surface area (Å²) in [6.45, 7) is 5.29. The molecule has 1 atom stereocenters. The Kier molecular flexibility index (Phi) is 3.59. The number of halogens is 1. The van der Waals surface area contributed by atoms with Crippen LogP contribution in [0.2, 0.25) is 0 Å². The van der Waals surface area contributed by atoms with E-state index >= 15 is 0 Å². The molecule has 1 aromatic heterocycles. The lowest BCUT2D eigenvalue weighted by atomic mass is 10.3. The molecule has 1 aliphatic rings. The first-order valence-electron chi connectivity index (χ1n) is 5.18. The van der Waals surface area contributed by atoms with Gasteiger partial charge in [-0.3, -0.25) is 9.88 Å². The third-order valence-corrected chi connectivity index (χ3v) is 3.64. The fraction of sp³-hybridized carbons (Fsp3) is 0.545. The van der Waals surface area contributed by atoms with Gasteiger partial charge in [0, 0.05) is 30.6 Å². The summed E-state index contributed by atoms with van der Waals surface area (Å²) in [4.78, 5) is 6.45. The molecule has 0 aromatic carbocycles. The Hall–Kier alpha value is -0.610. The Morgan fingerprint density at radius 2 is 2.47 bits per heavy atom. The Balaban J connectivity index is 1.93. The third kappa shape index (κ3) is 3.18. The van der Waals surface area contributed by atoms with E-state index in [1.807, 2.05) is 11.8 Å². The number of thioether (sulfide) groups is 1. The average Bonchev–Trinajstić information content (AvgIpc) is 2.22. The summed E-state index contributed by atoms with van der Waals surface area (Å²) in [6, 6.07) is 3.24. The Morgan fingerprint density at radius 3 is 3.13 bits per heavy atom. The minimum atomic E-state index is -0.263. The van der Waals surface area contributed by atoms with Crippen LogP contribution >= 0.6 is 11.8 Å². The molecule has 82 valence electrons. The molecule has 0 N–H and O–H groups in total. The fourth-order valence-electron chi connectivity index (χ4n) is 1.76. The van der Waals surface area contributed by atoms with Gasteiger partial charge in [0.1, 0.15) is 5.82 Å². The topological polar surface area (TPSA) is 16.1 Å². The van der Waals surface area contributed by atoms with Gasteiger partial charge in [-0.2, -0.15) is 11.8 Å². The zero-order valence-corrected chi connectivity index (χ0v) is 9.63. The second-order valence-corrected chi connectivity index (χ2v) is 5.43. The molecule has 0 bridgehead atoms. The number of aromatic nitrogens is 1. The standard InChI is InChI=1S/C11H15FN2S/c1-9-7-14(4-5-15-9)8-11-3-2-10(12)6-13-11/h2-3,6,9H,4-5,7-8H2,1H3/t9-/m0/s1. The number of rotatable bonds is 2. The lowest BCUT2D eigenvalue weighted by molar-refractivity contribution is 0.275. The van der Waals surface area contributed by atoms with E-state index in [1.54, 1.807) is 6.07 Å². The zero-order valence-electron chi connectivity index (χ0n) is 8.82. The van der Waals surface area contributed by atoms with Crippen LogP contribution in [0.3, 0.4) is 0 Å². The van der Waals surface area contributed by atoms with E-state index in [1.165, 1.54) is 18.0 Å². The van der Waals surface area contributed by atoms with Crippen molar-refractivity contribution in [2.45, 2.75) is 18.7 Å². The number of hydrogen-bond acceptors (Lipinski definition) is 3. The molecule has 2 heterocycles. The highest BCUT2D eigenvalue weighted by molar-refractivity contribution is 7.99. The van der Waals surface area contributed by atoms with Crippen LogP contribution in [0.4, 0.5) is 4.39 Å². The van der Waals surface area contributed by atoms with Gasteiger partial charge in [-0.1, -0.05) is 6.92 Å². The fourth-order valence-corrected chi connectivity index (χ4v) is 2.85. The van der Waals surface area contributed by atoms with Crippen molar-refractivity contribution in [3.8, 4) is 0 Å². The molecule has 0 radical (unpaired) electrons. The summed E-state index contributed by atoms with van der Waals surface area (Å²) in [5, 5.41) is 0.694. The molecular weight excluding hydrogens is 211 g/mol. The maximum atomic E-state index is 12.6. The largest absolute Gasteiger partial charge is 0.296 e. The first-order valence-corrected chi connectivity index (χ1v) is 6.23. The maximum absolute atomic E-state index is 12.6. The van der Waals surface area contributed by atoms with Gasteiger partial charge in [0.05, 0.1) is 11.9 Å². The molecule has 1 fully saturated rings. The van der Waals surface area contributed by atoms with Gasteiger partial charge in [-0.25, -0.2) is 4.39 Å². The van der Waals surface area contributed by atoms with Crippen molar-refractivity contribution in [1.29, 1.82) is 0 Å². The number of pyridine rings is 1. The molecular formula is C11H15FN2S. The second kappa shape index (κ2) is 4.94. The van der Waals surface area contributed by atoms with Crippen molar-refractivity contribution < 1.29 is 4.39 Å². The van der Waals surface area contributed by atoms with Crippen LogP contribution in [0.1, 0.15) is 12.6 Å². The summed E-state index contributed by atoms with van der Waals surface area (Å²) < 4.78 is 12.6. The van der Waals surface area contributed by atoms with Gasteiger partial charge in [-0.15, -0.1) is 0 Å². The molecule has 0 amide bonds. The second-order valence-electron chi connectivity index (χ2n) is 3.88. The summed E-state index contributed by atoms with van der Waals surface area (Å²) >= 11 is 2.01. The predicted octanol–water partition coefficient (Wildman–Crippen LogP) is 2.16. The minimum absolute atomic E-state index is 0.263. The van der Waals surface area contributed by atoms with Crippen LogP contribution in [-0.4, -0.2) is 34.0 Å². The molecule has 0 saturated carbocycles. The summed E-state index contributed by atoms with van der Waals surface area (Å²) in [6.07, 6.45) is 1.29. The van der Waals surface area contributed by atoms with Gasteiger partial charge in [0.2, 0.25) is 0 Å². The Labute approximate surface area is 93.9 Å². The van der Waals surface area contributed by atoms with Crippen molar-refractivity contribution in [1.82, 2.24) is 9.88 Å². The molecule has 2 nitrogen and oxygen atoms in total. The average molecular weight is 226 g/mol. The first-order chi connectivity index (χ1) is 7.24. The lowest BCUT2D eigenvalue weighted by Crippen LogP contribution is -2.36. The van der Waals surface area contributed by atoms with Crippen molar-refractivity contribution in [3.05, 3.63) is 29.8 Å². The quantitative estimate of drug-likeness (QED) is 0.769. The lowest BCUT2D eigenvalue weighted by Gasteiger charge is -2.30. The highest BCUT2D eigenvalue weighted by atomic mass is 32.2. The van der Waals surface area contributed by atoms with E-state index in [2.05, 4.69) is 16.8 Å². The van der Waals surface area contributed by atoms with E-state index in [9.17, 15) is 4.39 Å². The van der Waals surface area contributed by atoms with Crippen LogP contribution in [0.15, 0.2) is 18.3 Å². The molecule has 15 heavy (non-hydrogen) atoms. The summed E-state index contributed by atoms with van der Waals surface area (Å²) in [5.74, 6) is 0.920. The zero-order chi connectivity index (χ0) is 10.7. The minimum Gasteiger partial charge on any atom is -0.296 e. The molecule has 0 spiro atoms. The van der Waals surface area contributed by atoms with Gasteiger partial charge in [0.25, 0.3) is 0 Å². The predicted molar refractivity (Wildman–Crippen MR) is 61.4 cm³/mol. The highest BCUT2D eigenvalue weighted by Gasteiger charge is 2.16. The van der Waals surface area contributed by atoms with E-state index in [0.29, 0.717) is 5.25 Å². The SMILES string of the molecule is C[C@H]1CN(Cc2ccc(F)cn2)CCS1. The van der Waals surface area contributed by atoms with Crippen molar-refractivity contribution in [2.75, 3.05) is 18.8 Å². The Bertz CT molecular complexity index is 315. The third-order valence-electron chi connectivity index (χ3n) is 2.50. The summed E-state index contributed by atoms with van der Waals surface area (Å²) in [5.41, 5.74) is 0.954. The number of nitrogens with zero attached hydrogens (tertiary/aromatic N) is 2. The Morgan fingerprint density at radius 1 is 1.60 bits per heavy atom. The summed E-state index contributed by atoms with van der Waals surface area (Å²) in [7, 11) is 0. The van der Waals surface area contributed by atoms with Crippen LogP contribution in [0, 0.1) is 5.82 Å². The van der Waals surface area contributed by atoms with Gasteiger partial charge < -0.3 is 0 Å². The van der Waals surface area contributed by atoms with Gasteiger partial charge >= 0.3 is 0 Å². The van der Waals surface area contributed by atoms with E-state index in [4.69, 9.17) is 0 Å². The molecule has 2 rings (SSSR count). The van der Waals surface area contributed by atoms with Gasteiger partial charge in [-0.05, 0) is 12.1 Å². The van der Waals surface area contributed by atoms with Crippen molar-refractivity contribution in [2.24, 2.45) is 0 Å². The van der Waals surface area contributed by atoms with Crippen LogP contribution < -0.4 is 0 Å². The molecule has 0 aliphatic carbocycles. The van der Waals surface area contributed by atoms with Crippen LogP contribution in [0.25, 0.3) is 0 Å². The molecule has 1 aliphatic heterocycles.